The fourth-order valence-electron chi connectivity index (χ4n) is 2.22. The first-order chi connectivity index (χ1) is 11.7. The molecule has 2 N–H and O–H groups in total. The zero-order chi connectivity index (χ0) is 17.2. The maximum absolute atomic E-state index is 11.8. The molecule has 1 aromatic carbocycles. The minimum atomic E-state index is 0.0293. The molecule has 0 aliphatic carbocycles. The molecule has 1 heterocycles. The van der Waals surface area contributed by atoms with Crippen LogP contribution in [-0.2, 0) is 17.9 Å². The minimum Gasteiger partial charge on any atom is -0.496 e. The number of methoxy groups -OCH3 is 1. The van der Waals surface area contributed by atoms with Gasteiger partial charge in [0.25, 0.3) is 0 Å². The summed E-state index contributed by atoms with van der Waals surface area (Å²) in [5.41, 5.74) is 2.14. The van der Waals surface area contributed by atoms with Crippen LogP contribution in [0.1, 0.15) is 17.5 Å². The Bertz CT molecular complexity index is 650. The second-order valence-corrected chi connectivity index (χ2v) is 6.10. The van der Waals surface area contributed by atoms with Crippen molar-refractivity contribution in [1.29, 1.82) is 0 Å². The molecule has 0 aliphatic heterocycles. The Kier molecular flexibility index (Phi) is 7.58. The minimum absolute atomic E-state index is 0.0293. The first kappa shape index (κ1) is 18.3. The molecule has 6 heteroatoms. The molecule has 2 rings (SSSR count). The highest BCUT2D eigenvalue weighted by Crippen LogP contribution is 2.28. The Morgan fingerprint density at radius 1 is 1.25 bits per heavy atom. The molecule has 1 aromatic heterocycles. The third kappa shape index (κ3) is 5.86. The van der Waals surface area contributed by atoms with Crippen molar-refractivity contribution in [3.8, 4) is 5.75 Å². The lowest BCUT2D eigenvalue weighted by molar-refractivity contribution is -0.121. The monoisotopic (exact) mass is 345 g/mol. The maximum Gasteiger partial charge on any atom is 0.221 e. The number of nitrogens with zero attached hydrogens (tertiary/aromatic N) is 1. The van der Waals surface area contributed by atoms with Crippen LogP contribution < -0.4 is 15.4 Å². The number of hydrogen-bond donors (Lipinski definition) is 2. The van der Waals surface area contributed by atoms with Crippen molar-refractivity contribution in [1.82, 2.24) is 15.6 Å². The van der Waals surface area contributed by atoms with E-state index in [1.165, 1.54) is 0 Å². The average molecular weight is 345 g/mol. The smallest absolute Gasteiger partial charge is 0.221 e. The summed E-state index contributed by atoms with van der Waals surface area (Å²) in [7, 11) is 1.68. The number of nitrogens with one attached hydrogen (secondary N) is 2. The topological polar surface area (TPSA) is 63.2 Å². The van der Waals surface area contributed by atoms with Gasteiger partial charge in [0.15, 0.2) is 0 Å². The second-order valence-electron chi connectivity index (χ2n) is 5.25. The van der Waals surface area contributed by atoms with Crippen molar-refractivity contribution < 1.29 is 9.53 Å². The highest BCUT2D eigenvalue weighted by molar-refractivity contribution is 7.98. The molecule has 0 bridgehead atoms. The Hall–Kier alpha value is -2.05. The normalized spacial score (nSPS) is 10.4. The number of carbonyl (C=O) groups excluding carboxylic acids is 1. The van der Waals surface area contributed by atoms with E-state index in [1.54, 1.807) is 31.3 Å². The Balaban J connectivity index is 1.68. The molecule has 128 valence electrons. The molecule has 0 atom stereocenters. The van der Waals surface area contributed by atoms with E-state index < -0.39 is 0 Å². The van der Waals surface area contributed by atoms with Gasteiger partial charge in [-0.1, -0.05) is 12.1 Å². The van der Waals surface area contributed by atoms with Crippen LogP contribution in [0.15, 0.2) is 47.6 Å². The van der Waals surface area contributed by atoms with Crippen molar-refractivity contribution in [2.75, 3.05) is 19.9 Å². The van der Waals surface area contributed by atoms with E-state index in [1.807, 2.05) is 24.5 Å². The van der Waals surface area contributed by atoms with Crippen LogP contribution >= 0.6 is 11.8 Å². The van der Waals surface area contributed by atoms with Gasteiger partial charge in [-0.05, 0) is 35.6 Å². The molecule has 0 unspecified atom stereocenters. The highest BCUT2D eigenvalue weighted by Gasteiger charge is 2.04. The summed E-state index contributed by atoms with van der Waals surface area (Å²) in [6.07, 6.45) is 5.94. The summed E-state index contributed by atoms with van der Waals surface area (Å²) in [6, 6.07) is 9.96. The summed E-state index contributed by atoms with van der Waals surface area (Å²) in [4.78, 5) is 17.0. The fourth-order valence-corrected chi connectivity index (χ4v) is 2.76. The van der Waals surface area contributed by atoms with Crippen LogP contribution in [0.2, 0.25) is 0 Å². The largest absolute Gasteiger partial charge is 0.496 e. The van der Waals surface area contributed by atoms with Crippen LogP contribution in [-0.4, -0.2) is 30.8 Å². The van der Waals surface area contributed by atoms with E-state index in [4.69, 9.17) is 4.74 Å². The number of aromatic nitrogens is 1. The van der Waals surface area contributed by atoms with Gasteiger partial charge < -0.3 is 15.4 Å². The van der Waals surface area contributed by atoms with Gasteiger partial charge in [-0.15, -0.1) is 11.8 Å². The van der Waals surface area contributed by atoms with Gasteiger partial charge in [0.2, 0.25) is 5.91 Å². The molecular formula is C18H23N3O2S. The lowest BCUT2D eigenvalue weighted by Gasteiger charge is -2.10. The molecule has 0 saturated carbocycles. The molecule has 24 heavy (non-hydrogen) atoms. The molecule has 1 amide bonds. The first-order valence-corrected chi connectivity index (χ1v) is 9.02. The molecule has 0 spiro atoms. The third-order valence-corrected chi connectivity index (χ3v) is 4.30. The van der Waals surface area contributed by atoms with E-state index in [2.05, 4.69) is 27.8 Å². The number of thioether (sulfide) groups is 1. The van der Waals surface area contributed by atoms with E-state index in [-0.39, 0.29) is 5.91 Å². The molecule has 0 aliphatic rings. The van der Waals surface area contributed by atoms with Crippen LogP contribution in [0.3, 0.4) is 0 Å². The molecule has 0 radical (unpaired) electrons. The number of amides is 1. The average Bonchev–Trinajstić information content (AvgIpc) is 2.64. The molecular weight excluding hydrogens is 322 g/mol. The zero-order valence-electron chi connectivity index (χ0n) is 14.0. The summed E-state index contributed by atoms with van der Waals surface area (Å²) >= 11 is 1.66. The van der Waals surface area contributed by atoms with Crippen molar-refractivity contribution in [3.05, 3.63) is 53.9 Å². The summed E-state index contributed by atoms with van der Waals surface area (Å²) in [5.74, 6) is 0.915. The van der Waals surface area contributed by atoms with E-state index in [9.17, 15) is 4.79 Å². The lowest BCUT2D eigenvalue weighted by atomic mass is 10.2. The number of carbonyl (C=O) groups is 1. The van der Waals surface area contributed by atoms with Gasteiger partial charge in [-0.25, -0.2) is 0 Å². The standard InChI is InChI=1S/C18H23N3O2S/c1-23-16-10-14(5-6-17(16)24-2)11-20-9-7-18(22)21-13-15-4-3-8-19-12-15/h3-6,8,10,12,20H,7,9,11,13H2,1-2H3,(H,21,22). The highest BCUT2D eigenvalue weighted by atomic mass is 32.2. The summed E-state index contributed by atoms with van der Waals surface area (Å²) in [5, 5.41) is 6.17. The lowest BCUT2D eigenvalue weighted by Crippen LogP contribution is -2.27. The Labute approximate surface area is 147 Å². The Morgan fingerprint density at radius 2 is 2.12 bits per heavy atom. The third-order valence-electron chi connectivity index (χ3n) is 3.52. The summed E-state index contributed by atoms with van der Waals surface area (Å²) < 4.78 is 5.38. The second kappa shape index (κ2) is 9.95. The van der Waals surface area contributed by atoms with E-state index in [0.29, 0.717) is 26.1 Å². The van der Waals surface area contributed by atoms with Crippen molar-refractivity contribution >= 4 is 17.7 Å². The molecule has 0 fully saturated rings. The van der Waals surface area contributed by atoms with Gasteiger partial charge >= 0.3 is 0 Å². The van der Waals surface area contributed by atoms with Crippen molar-refractivity contribution in [3.63, 3.8) is 0 Å². The predicted octanol–water partition coefficient (Wildman–Crippen LogP) is 2.61. The number of ether oxygens (including phenoxy) is 1. The van der Waals surface area contributed by atoms with Crippen LogP contribution in [0.25, 0.3) is 0 Å². The van der Waals surface area contributed by atoms with Crippen LogP contribution in [0, 0.1) is 0 Å². The van der Waals surface area contributed by atoms with Crippen molar-refractivity contribution in [2.24, 2.45) is 0 Å². The molecule has 5 nitrogen and oxygen atoms in total. The quantitative estimate of drug-likeness (QED) is 0.540. The van der Waals surface area contributed by atoms with Crippen LogP contribution in [0.5, 0.6) is 5.75 Å². The van der Waals surface area contributed by atoms with Crippen LogP contribution in [0.4, 0.5) is 0 Å². The fraction of sp³-hybridized carbons (Fsp3) is 0.333. The number of benzene rings is 1. The summed E-state index contributed by atoms with van der Waals surface area (Å²) in [6.45, 7) is 1.85. The Morgan fingerprint density at radius 3 is 2.83 bits per heavy atom. The number of rotatable bonds is 9. The van der Waals surface area contributed by atoms with Gasteiger partial charge in [-0.2, -0.15) is 0 Å². The predicted molar refractivity (Wildman–Crippen MR) is 97.2 cm³/mol. The van der Waals surface area contributed by atoms with Gasteiger partial charge in [0.1, 0.15) is 5.75 Å². The SMILES string of the molecule is COc1cc(CNCCC(=O)NCc2cccnc2)ccc1SC. The number of pyridine rings is 1. The van der Waals surface area contributed by atoms with E-state index >= 15 is 0 Å². The number of hydrogen-bond acceptors (Lipinski definition) is 5. The zero-order valence-corrected chi connectivity index (χ0v) is 14.9. The van der Waals surface area contributed by atoms with Gasteiger partial charge in [0, 0.05) is 43.3 Å². The molecule has 0 saturated heterocycles. The maximum atomic E-state index is 11.8. The molecule has 2 aromatic rings. The first-order valence-electron chi connectivity index (χ1n) is 7.80. The van der Waals surface area contributed by atoms with Crippen molar-refractivity contribution in [2.45, 2.75) is 24.4 Å². The van der Waals surface area contributed by atoms with Gasteiger partial charge in [-0.3, -0.25) is 9.78 Å². The van der Waals surface area contributed by atoms with E-state index in [0.717, 1.165) is 21.8 Å². The van der Waals surface area contributed by atoms with Gasteiger partial charge in [0.05, 0.1) is 7.11 Å².